The second-order valence-electron chi connectivity index (χ2n) is 3.96. The molecule has 3 nitrogen and oxygen atoms in total. The fraction of sp³-hybridized carbons (Fsp3) is 0.700. The van der Waals surface area contributed by atoms with E-state index in [1.165, 1.54) is 23.6 Å². The van der Waals surface area contributed by atoms with E-state index in [1.54, 1.807) is 11.3 Å². The third-order valence-electron chi connectivity index (χ3n) is 2.84. The lowest BCUT2D eigenvalue weighted by Gasteiger charge is -2.20. The van der Waals surface area contributed by atoms with E-state index in [4.69, 9.17) is 5.84 Å². The third-order valence-corrected chi connectivity index (χ3v) is 4.85. The molecule has 15 heavy (non-hydrogen) atoms. The highest BCUT2D eigenvalue weighted by molar-refractivity contribution is 7.99. The molecule has 1 fully saturated rings. The van der Waals surface area contributed by atoms with Crippen molar-refractivity contribution in [3.8, 4) is 0 Å². The van der Waals surface area contributed by atoms with Crippen LogP contribution in [0, 0.1) is 12.8 Å². The van der Waals surface area contributed by atoms with Gasteiger partial charge in [0, 0.05) is 17.8 Å². The summed E-state index contributed by atoms with van der Waals surface area (Å²) in [6.45, 7) is 2.05. The number of thiazole rings is 1. The summed E-state index contributed by atoms with van der Waals surface area (Å²) in [6, 6.07) is 0.390. The van der Waals surface area contributed by atoms with Crippen molar-refractivity contribution in [2.75, 3.05) is 11.5 Å². The van der Waals surface area contributed by atoms with E-state index in [1.807, 2.05) is 18.7 Å². The van der Waals surface area contributed by atoms with E-state index < -0.39 is 0 Å². The van der Waals surface area contributed by atoms with E-state index >= 15 is 0 Å². The quantitative estimate of drug-likeness (QED) is 0.623. The van der Waals surface area contributed by atoms with Crippen molar-refractivity contribution in [1.82, 2.24) is 10.4 Å². The van der Waals surface area contributed by atoms with Crippen molar-refractivity contribution in [1.29, 1.82) is 0 Å². The van der Waals surface area contributed by atoms with E-state index in [9.17, 15) is 0 Å². The van der Waals surface area contributed by atoms with Gasteiger partial charge in [-0.2, -0.15) is 11.8 Å². The first-order chi connectivity index (χ1) is 7.29. The Morgan fingerprint density at radius 2 is 2.60 bits per heavy atom. The number of nitrogens with zero attached hydrogens (tertiary/aromatic N) is 1. The maximum absolute atomic E-state index is 5.62. The molecule has 5 heteroatoms. The lowest BCUT2D eigenvalue weighted by Crippen LogP contribution is -2.42. The van der Waals surface area contributed by atoms with Gasteiger partial charge in [-0.25, -0.2) is 4.98 Å². The Hall–Kier alpha value is -0.100. The molecule has 2 atom stereocenters. The third kappa shape index (κ3) is 2.93. The molecule has 0 spiro atoms. The number of hydrogen-bond acceptors (Lipinski definition) is 5. The zero-order chi connectivity index (χ0) is 10.7. The monoisotopic (exact) mass is 243 g/mol. The maximum Gasteiger partial charge on any atom is 0.0897 e. The molecular weight excluding hydrogens is 226 g/mol. The fourth-order valence-corrected chi connectivity index (χ4v) is 3.92. The van der Waals surface area contributed by atoms with Crippen molar-refractivity contribution >= 4 is 23.1 Å². The summed E-state index contributed by atoms with van der Waals surface area (Å²) in [6.07, 6.45) is 2.24. The van der Waals surface area contributed by atoms with Crippen molar-refractivity contribution in [2.24, 2.45) is 11.8 Å². The topological polar surface area (TPSA) is 50.9 Å². The number of rotatable bonds is 4. The number of thioether (sulfide) groups is 1. The Kier molecular flexibility index (Phi) is 4.02. The van der Waals surface area contributed by atoms with Crippen LogP contribution in [0.15, 0.2) is 5.38 Å². The molecule has 0 aromatic carbocycles. The summed E-state index contributed by atoms with van der Waals surface area (Å²) >= 11 is 3.74. The zero-order valence-electron chi connectivity index (χ0n) is 8.90. The number of aryl methyl sites for hydroxylation is 1. The second kappa shape index (κ2) is 5.30. The Bertz CT molecular complexity index is 307. The van der Waals surface area contributed by atoms with E-state index in [0.717, 1.165) is 11.4 Å². The molecular formula is C10H17N3S2. The molecule has 0 aliphatic carbocycles. The standard InChI is InChI=1S/C10H17N3S2/c1-7-12-9(6-15-7)4-10(13-11)8-2-3-14-5-8/h6,8,10,13H,2-5,11H2,1H3. The Morgan fingerprint density at radius 1 is 1.73 bits per heavy atom. The van der Waals surface area contributed by atoms with Crippen LogP contribution in [0.1, 0.15) is 17.1 Å². The Morgan fingerprint density at radius 3 is 3.13 bits per heavy atom. The molecule has 2 rings (SSSR count). The minimum atomic E-state index is 0.390. The fourth-order valence-electron chi connectivity index (χ4n) is 1.96. The van der Waals surface area contributed by atoms with E-state index in [0.29, 0.717) is 12.0 Å². The maximum atomic E-state index is 5.62. The van der Waals surface area contributed by atoms with Crippen molar-refractivity contribution in [3.05, 3.63) is 16.1 Å². The summed E-state index contributed by atoms with van der Waals surface area (Å²) in [4.78, 5) is 4.49. The highest BCUT2D eigenvalue weighted by atomic mass is 32.2. The number of hydrazine groups is 1. The normalized spacial score (nSPS) is 23.2. The number of nitrogens with two attached hydrogens (primary N) is 1. The molecule has 0 saturated carbocycles. The van der Waals surface area contributed by atoms with Crippen molar-refractivity contribution < 1.29 is 0 Å². The van der Waals surface area contributed by atoms with Gasteiger partial charge in [0.05, 0.1) is 10.7 Å². The molecule has 1 aliphatic rings. The Labute approximate surface area is 98.8 Å². The summed E-state index contributed by atoms with van der Waals surface area (Å²) in [5.74, 6) is 8.84. The van der Waals surface area contributed by atoms with Crippen molar-refractivity contribution in [2.45, 2.75) is 25.8 Å². The summed E-state index contributed by atoms with van der Waals surface area (Å²) in [5.41, 5.74) is 4.13. The SMILES string of the molecule is Cc1nc(CC(NN)C2CCSC2)cs1. The van der Waals surface area contributed by atoms with Gasteiger partial charge >= 0.3 is 0 Å². The van der Waals surface area contributed by atoms with Gasteiger partial charge in [-0.05, 0) is 30.8 Å². The van der Waals surface area contributed by atoms with Crippen LogP contribution in [-0.2, 0) is 6.42 Å². The van der Waals surface area contributed by atoms with Crippen LogP contribution in [0.3, 0.4) is 0 Å². The van der Waals surface area contributed by atoms with Gasteiger partial charge in [0.2, 0.25) is 0 Å². The van der Waals surface area contributed by atoms with Crippen LogP contribution in [0.5, 0.6) is 0 Å². The Balaban J connectivity index is 1.95. The van der Waals surface area contributed by atoms with Gasteiger partial charge in [0.1, 0.15) is 0 Å². The van der Waals surface area contributed by atoms with E-state index in [-0.39, 0.29) is 0 Å². The predicted octanol–water partition coefficient (Wildman–Crippen LogP) is 1.58. The number of nitrogens with one attached hydrogen (secondary N) is 1. The largest absolute Gasteiger partial charge is 0.271 e. The summed E-state index contributed by atoms with van der Waals surface area (Å²) < 4.78 is 0. The lowest BCUT2D eigenvalue weighted by atomic mass is 9.96. The second-order valence-corrected chi connectivity index (χ2v) is 6.17. The first-order valence-corrected chi connectivity index (χ1v) is 7.28. The minimum absolute atomic E-state index is 0.390. The van der Waals surface area contributed by atoms with Gasteiger partial charge in [-0.15, -0.1) is 11.3 Å². The number of aromatic nitrogens is 1. The average Bonchev–Trinajstić information content (AvgIpc) is 2.85. The molecule has 0 radical (unpaired) electrons. The van der Waals surface area contributed by atoms with Crippen LogP contribution < -0.4 is 11.3 Å². The van der Waals surface area contributed by atoms with Crippen LogP contribution in [0.25, 0.3) is 0 Å². The van der Waals surface area contributed by atoms with Crippen LogP contribution in [0.4, 0.5) is 0 Å². The molecule has 3 N–H and O–H groups in total. The van der Waals surface area contributed by atoms with Gasteiger partial charge in [0.15, 0.2) is 0 Å². The lowest BCUT2D eigenvalue weighted by molar-refractivity contribution is 0.384. The molecule has 1 aromatic rings. The van der Waals surface area contributed by atoms with Gasteiger partial charge in [-0.1, -0.05) is 0 Å². The zero-order valence-corrected chi connectivity index (χ0v) is 10.5. The average molecular weight is 243 g/mol. The van der Waals surface area contributed by atoms with Crippen LogP contribution >= 0.6 is 23.1 Å². The minimum Gasteiger partial charge on any atom is -0.271 e. The highest BCUT2D eigenvalue weighted by Crippen LogP contribution is 2.27. The molecule has 1 aliphatic heterocycles. The molecule has 0 amide bonds. The smallest absolute Gasteiger partial charge is 0.0897 e. The van der Waals surface area contributed by atoms with Gasteiger partial charge in [0.25, 0.3) is 0 Å². The molecule has 0 bridgehead atoms. The molecule has 2 heterocycles. The van der Waals surface area contributed by atoms with Gasteiger partial charge in [-0.3, -0.25) is 11.3 Å². The van der Waals surface area contributed by atoms with E-state index in [2.05, 4.69) is 15.8 Å². The van der Waals surface area contributed by atoms with Crippen LogP contribution in [0.2, 0.25) is 0 Å². The van der Waals surface area contributed by atoms with Crippen molar-refractivity contribution in [3.63, 3.8) is 0 Å². The van der Waals surface area contributed by atoms with Gasteiger partial charge < -0.3 is 0 Å². The number of hydrogen-bond donors (Lipinski definition) is 2. The first kappa shape index (κ1) is 11.4. The molecule has 1 saturated heterocycles. The summed E-state index contributed by atoms with van der Waals surface area (Å²) in [7, 11) is 0. The molecule has 1 aromatic heterocycles. The predicted molar refractivity (Wildman–Crippen MR) is 67.1 cm³/mol. The first-order valence-electron chi connectivity index (χ1n) is 5.24. The summed E-state index contributed by atoms with van der Waals surface area (Å²) in [5, 5.41) is 3.28. The molecule has 2 unspecified atom stereocenters. The molecule has 84 valence electrons. The highest BCUT2D eigenvalue weighted by Gasteiger charge is 2.25. The van der Waals surface area contributed by atoms with Crippen LogP contribution in [-0.4, -0.2) is 22.5 Å².